The molecule has 7 nitrogen and oxygen atoms in total. The van der Waals surface area contributed by atoms with Crippen molar-refractivity contribution < 1.29 is 24.3 Å². The van der Waals surface area contributed by atoms with E-state index in [-0.39, 0.29) is 36.6 Å². The highest BCUT2D eigenvalue weighted by molar-refractivity contribution is 6.21. The number of nitrogens with zero attached hydrogens (tertiary/aromatic N) is 1. The van der Waals surface area contributed by atoms with Crippen LogP contribution in [0.25, 0.3) is 0 Å². The van der Waals surface area contributed by atoms with Crippen molar-refractivity contribution in [1.29, 1.82) is 0 Å². The van der Waals surface area contributed by atoms with Crippen LogP contribution in [0.3, 0.4) is 0 Å². The van der Waals surface area contributed by atoms with Crippen molar-refractivity contribution in [2.45, 2.75) is 51.5 Å². The molecule has 1 aromatic carbocycles. The van der Waals surface area contributed by atoms with Gasteiger partial charge in [0.05, 0.1) is 11.1 Å². The lowest BCUT2D eigenvalue weighted by Gasteiger charge is -2.35. The number of carbonyl (C=O) groups excluding carboxylic acids is 3. The Balaban J connectivity index is 1.76. The first-order chi connectivity index (χ1) is 13.3. The van der Waals surface area contributed by atoms with Crippen LogP contribution in [0.2, 0.25) is 0 Å². The third-order valence-electron chi connectivity index (χ3n) is 6.12. The number of amides is 3. The molecule has 1 aliphatic carbocycles. The Bertz CT molecular complexity index is 786. The number of carbonyl (C=O) groups is 4. The number of aliphatic carboxylic acids is 1. The monoisotopic (exact) mass is 386 g/mol. The highest BCUT2D eigenvalue weighted by atomic mass is 16.4. The first-order valence-electron chi connectivity index (χ1n) is 9.79. The number of hydrogen-bond donors (Lipinski definition) is 2. The summed E-state index contributed by atoms with van der Waals surface area (Å²) < 4.78 is 0. The molecular formula is C21H26N2O5. The zero-order chi connectivity index (χ0) is 20.5. The number of imide groups is 1. The van der Waals surface area contributed by atoms with E-state index in [1.165, 1.54) is 11.8 Å². The van der Waals surface area contributed by atoms with Crippen molar-refractivity contribution in [3.63, 3.8) is 0 Å². The molecule has 150 valence electrons. The van der Waals surface area contributed by atoms with Gasteiger partial charge in [-0.2, -0.15) is 0 Å². The number of rotatable bonds is 6. The van der Waals surface area contributed by atoms with Gasteiger partial charge in [0.15, 0.2) is 0 Å². The minimum atomic E-state index is -1.32. The molecule has 1 aromatic rings. The quantitative estimate of drug-likeness (QED) is 0.731. The van der Waals surface area contributed by atoms with Crippen LogP contribution >= 0.6 is 0 Å². The van der Waals surface area contributed by atoms with Gasteiger partial charge in [-0.1, -0.05) is 31.9 Å². The Morgan fingerprint density at radius 1 is 1.14 bits per heavy atom. The molecule has 1 heterocycles. The Labute approximate surface area is 164 Å². The van der Waals surface area contributed by atoms with Gasteiger partial charge < -0.3 is 10.4 Å². The topological polar surface area (TPSA) is 104 Å². The summed E-state index contributed by atoms with van der Waals surface area (Å²) >= 11 is 0. The van der Waals surface area contributed by atoms with E-state index in [2.05, 4.69) is 5.32 Å². The minimum absolute atomic E-state index is 0.175. The van der Waals surface area contributed by atoms with Crippen LogP contribution in [0, 0.1) is 11.8 Å². The molecule has 1 saturated carbocycles. The normalized spacial score (nSPS) is 23.9. The molecule has 0 bridgehead atoms. The van der Waals surface area contributed by atoms with Crippen molar-refractivity contribution in [1.82, 2.24) is 10.2 Å². The van der Waals surface area contributed by atoms with Crippen molar-refractivity contribution in [3.8, 4) is 0 Å². The molecule has 7 heteroatoms. The third-order valence-corrected chi connectivity index (χ3v) is 6.12. The third kappa shape index (κ3) is 3.53. The molecule has 3 atom stereocenters. The Hall–Kier alpha value is -2.70. The average molecular weight is 386 g/mol. The lowest BCUT2D eigenvalue weighted by molar-refractivity contribution is -0.148. The summed E-state index contributed by atoms with van der Waals surface area (Å²) in [7, 11) is 0. The van der Waals surface area contributed by atoms with E-state index in [9.17, 15) is 24.3 Å². The fraction of sp³-hybridized carbons (Fsp3) is 0.524. The van der Waals surface area contributed by atoms with Gasteiger partial charge in [0.1, 0.15) is 5.54 Å². The SMILES string of the molecule is CCC(C)(NC(=O)C1CCCCC1CN1C(=O)c2ccccc2C1=O)C(=O)O. The minimum Gasteiger partial charge on any atom is -0.480 e. The predicted octanol–water partition coefficient (Wildman–Crippen LogP) is 2.46. The van der Waals surface area contributed by atoms with Crippen LogP contribution in [0.1, 0.15) is 66.7 Å². The van der Waals surface area contributed by atoms with Gasteiger partial charge in [0, 0.05) is 12.5 Å². The molecule has 0 aromatic heterocycles. The Morgan fingerprint density at radius 2 is 1.71 bits per heavy atom. The van der Waals surface area contributed by atoms with Crippen LogP contribution in [0.4, 0.5) is 0 Å². The summed E-state index contributed by atoms with van der Waals surface area (Å²) in [6, 6.07) is 6.73. The van der Waals surface area contributed by atoms with E-state index in [1.807, 2.05) is 0 Å². The molecule has 0 spiro atoms. The first-order valence-corrected chi connectivity index (χ1v) is 9.79. The van der Waals surface area contributed by atoms with Gasteiger partial charge in [-0.05, 0) is 44.2 Å². The molecule has 3 rings (SSSR count). The van der Waals surface area contributed by atoms with E-state index in [4.69, 9.17) is 0 Å². The molecular weight excluding hydrogens is 360 g/mol. The van der Waals surface area contributed by atoms with Gasteiger partial charge in [-0.25, -0.2) is 4.79 Å². The van der Waals surface area contributed by atoms with Gasteiger partial charge >= 0.3 is 5.97 Å². The first kappa shape index (κ1) is 20.0. The van der Waals surface area contributed by atoms with Crippen LogP contribution in [-0.2, 0) is 9.59 Å². The molecule has 0 radical (unpaired) electrons. The van der Waals surface area contributed by atoms with E-state index in [0.717, 1.165) is 19.3 Å². The molecule has 3 unspecified atom stereocenters. The zero-order valence-corrected chi connectivity index (χ0v) is 16.2. The summed E-state index contributed by atoms with van der Waals surface area (Å²) in [6.45, 7) is 3.39. The second-order valence-corrected chi connectivity index (χ2v) is 7.90. The summed E-state index contributed by atoms with van der Waals surface area (Å²) in [4.78, 5) is 50.9. The maximum atomic E-state index is 12.9. The largest absolute Gasteiger partial charge is 0.480 e. The van der Waals surface area contributed by atoms with Gasteiger partial charge in [0.25, 0.3) is 11.8 Å². The molecule has 1 aliphatic heterocycles. The standard InChI is InChI=1S/C21H26N2O5/c1-3-21(2,20(27)28)22-17(24)14-9-5-4-8-13(14)12-23-18(25)15-10-6-7-11-16(15)19(23)26/h6-7,10-11,13-14H,3-5,8-9,12H2,1-2H3,(H,22,24)(H,27,28). The summed E-state index contributed by atoms with van der Waals surface area (Å²) in [5, 5.41) is 12.1. The van der Waals surface area contributed by atoms with E-state index in [1.54, 1.807) is 31.2 Å². The van der Waals surface area contributed by atoms with Gasteiger partial charge in [-0.3, -0.25) is 19.3 Å². The fourth-order valence-electron chi connectivity index (χ4n) is 4.07. The van der Waals surface area contributed by atoms with E-state index >= 15 is 0 Å². The lowest BCUT2D eigenvalue weighted by Crippen LogP contribution is -2.55. The van der Waals surface area contributed by atoms with Crippen LogP contribution in [0.15, 0.2) is 24.3 Å². The molecule has 1 fully saturated rings. The second kappa shape index (κ2) is 7.73. The highest BCUT2D eigenvalue weighted by Crippen LogP contribution is 2.34. The van der Waals surface area contributed by atoms with E-state index < -0.39 is 17.4 Å². The number of benzene rings is 1. The molecule has 2 N–H and O–H groups in total. The number of carboxylic acids is 1. The van der Waals surface area contributed by atoms with E-state index in [0.29, 0.717) is 17.5 Å². The second-order valence-electron chi connectivity index (χ2n) is 7.90. The van der Waals surface area contributed by atoms with Crippen molar-refractivity contribution in [2.75, 3.05) is 6.54 Å². The summed E-state index contributed by atoms with van der Waals surface area (Å²) in [5.74, 6) is -2.62. The fourth-order valence-corrected chi connectivity index (χ4v) is 4.07. The maximum absolute atomic E-state index is 12.9. The molecule has 0 saturated heterocycles. The van der Waals surface area contributed by atoms with Crippen molar-refractivity contribution >= 4 is 23.7 Å². The van der Waals surface area contributed by atoms with Crippen molar-refractivity contribution in [2.24, 2.45) is 11.8 Å². The molecule has 28 heavy (non-hydrogen) atoms. The average Bonchev–Trinajstić information content (AvgIpc) is 2.93. The smallest absolute Gasteiger partial charge is 0.329 e. The van der Waals surface area contributed by atoms with Crippen LogP contribution in [0.5, 0.6) is 0 Å². The number of hydrogen-bond acceptors (Lipinski definition) is 4. The highest BCUT2D eigenvalue weighted by Gasteiger charge is 2.42. The van der Waals surface area contributed by atoms with Crippen LogP contribution in [-0.4, -0.2) is 45.8 Å². The number of carboxylic acid groups (broad SMARTS) is 1. The maximum Gasteiger partial charge on any atom is 0.329 e. The van der Waals surface area contributed by atoms with Gasteiger partial charge in [0.2, 0.25) is 5.91 Å². The zero-order valence-electron chi connectivity index (χ0n) is 16.2. The number of fused-ring (bicyclic) bond motifs is 1. The lowest BCUT2D eigenvalue weighted by atomic mass is 9.77. The Morgan fingerprint density at radius 3 is 2.25 bits per heavy atom. The predicted molar refractivity (Wildman–Crippen MR) is 102 cm³/mol. The van der Waals surface area contributed by atoms with Gasteiger partial charge in [-0.15, -0.1) is 0 Å². The summed E-state index contributed by atoms with van der Waals surface area (Å²) in [6.07, 6.45) is 3.40. The van der Waals surface area contributed by atoms with Crippen LogP contribution < -0.4 is 5.32 Å². The molecule has 2 aliphatic rings. The Kier molecular flexibility index (Phi) is 5.54. The summed E-state index contributed by atoms with van der Waals surface area (Å²) in [5.41, 5.74) is -0.531. The molecule has 3 amide bonds. The number of nitrogens with one attached hydrogen (secondary N) is 1. The van der Waals surface area contributed by atoms with Crippen molar-refractivity contribution in [3.05, 3.63) is 35.4 Å².